The monoisotopic (exact) mass is 396 g/mol. The van der Waals surface area contributed by atoms with E-state index in [0.717, 1.165) is 26.9 Å². The molecule has 0 aliphatic carbocycles. The first-order valence-electron chi connectivity index (χ1n) is 7.51. The SMILES string of the molecule is CC(=O)Nc1cc(-n2cncn2)cc(-n2cnc3cc(Br)ccc32)c1. The summed E-state index contributed by atoms with van der Waals surface area (Å²) in [5.41, 5.74) is 4.17. The molecule has 2 aromatic heterocycles. The predicted octanol–water partition coefficient (Wildman–Crippen LogP) is 3.33. The summed E-state index contributed by atoms with van der Waals surface area (Å²) in [5.74, 6) is -0.138. The molecule has 0 aliphatic heterocycles. The first-order valence-corrected chi connectivity index (χ1v) is 8.30. The van der Waals surface area contributed by atoms with Gasteiger partial charge < -0.3 is 5.32 Å². The van der Waals surface area contributed by atoms with Crippen LogP contribution in [0.1, 0.15) is 6.92 Å². The van der Waals surface area contributed by atoms with E-state index in [1.165, 1.54) is 13.3 Å². The van der Waals surface area contributed by atoms with E-state index in [1.807, 2.05) is 41.0 Å². The number of nitrogens with zero attached hydrogens (tertiary/aromatic N) is 5. The summed E-state index contributed by atoms with van der Waals surface area (Å²) in [6.45, 7) is 1.48. The van der Waals surface area contributed by atoms with Gasteiger partial charge in [-0.1, -0.05) is 15.9 Å². The molecule has 0 fully saturated rings. The molecular formula is C17H13BrN6O. The fraction of sp³-hybridized carbons (Fsp3) is 0.0588. The molecule has 1 N–H and O–H groups in total. The van der Waals surface area contributed by atoms with E-state index in [0.29, 0.717) is 5.69 Å². The number of amides is 1. The van der Waals surface area contributed by atoms with Gasteiger partial charge in [0.1, 0.15) is 19.0 Å². The Morgan fingerprint density at radius 3 is 2.72 bits per heavy atom. The van der Waals surface area contributed by atoms with Crippen molar-refractivity contribution in [1.29, 1.82) is 0 Å². The average Bonchev–Trinajstić information content (AvgIpc) is 3.23. The molecule has 4 rings (SSSR count). The third-order valence-corrected chi connectivity index (χ3v) is 4.19. The lowest BCUT2D eigenvalue weighted by molar-refractivity contribution is -0.114. The van der Waals surface area contributed by atoms with Crippen LogP contribution in [0, 0.1) is 0 Å². The van der Waals surface area contributed by atoms with Crippen LogP contribution in [0.25, 0.3) is 22.4 Å². The Bertz CT molecular complexity index is 1070. The van der Waals surface area contributed by atoms with E-state index < -0.39 is 0 Å². The molecule has 0 radical (unpaired) electrons. The number of aromatic nitrogens is 5. The third kappa shape index (κ3) is 3.03. The van der Waals surface area contributed by atoms with E-state index >= 15 is 0 Å². The van der Waals surface area contributed by atoms with Crippen molar-refractivity contribution in [2.75, 3.05) is 5.32 Å². The minimum atomic E-state index is -0.138. The van der Waals surface area contributed by atoms with E-state index in [2.05, 4.69) is 36.3 Å². The summed E-state index contributed by atoms with van der Waals surface area (Å²) in [6, 6.07) is 11.6. The molecule has 0 unspecified atom stereocenters. The molecule has 0 spiro atoms. The van der Waals surface area contributed by atoms with Gasteiger partial charge in [-0.15, -0.1) is 0 Å². The van der Waals surface area contributed by atoms with Crippen molar-refractivity contribution in [3.63, 3.8) is 0 Å². The quantitative estimate of drug-likeness (QED) is 0.575. The molecular weight excluding hydrogens is 384 g/mol. The van der Waals surface area contributed by atoms with Crippen molar-refractivity contribution >= 4 is 38.6 Å². The Morgan fingerprint density at radius 1 is 1.12 bits per heavy atom. The van der Waals surface area contributed by atoms with Gasteiger partial charge in [0.2, 0.25) is 5.91 Å². The van der Waals surface area contributed by atoms with Crippen LogP contribution in [0.5, 0.6) is 0 Å². The molecule has 0 saturated heterocycles. The van der Waals surface area contributed by atoms with Crippen LogP contribution in [0.4, 0.5) is 5.69 Å². The highest BCUT2D eigenvalue weighted by molar-refractivity contribution is 9.10. The number of carbonyl (C=O) groups is 1. The van der Waals surface area contributed by atoms with Gasteiger partial charge in [0.15, 0.2) is 0 Å². The van der Waals surface area contributed by atoms with Crippen LogP contribution in [0.15, 0.2) is 59.9 Å². The van der Waals surface area contributed by atoms with Gasteiger partial charge in [-0.05, 0) is 36.4 Å². The summed E-state index contributed by atoms with van der Waals surface area (Å²) in [7, 11) is 0. The number of anilines is 1. The van der Waals surface area contributed by atoms with Gasteiger partial charge in [0.25, 0.3) is 0 Å². The summed E-state index contributed by atoms with van der Waals surface area (Å²) in [6.07, 6.45) is 4.84. The van der Waals surface area contributed by atoms with E-state index in [9.17, 15) is 4.79 Å². The van der Waals surface area contributed by atoms with Crippen molar-refractivity contribution in [1.82, 2.24) is 24.3 Å². The van der Waals surface area contributed by atoms with E-state index in [1.54, 1.807) is 17.3 Å². The molecule has 0 aliphatic rings. The van der Waals surface area contributed by atoms with Crippen LogP contribution in [-0.4, -0.2) is 30.2 Å². The molecule has 8 heteroatoms. The number of fused-ring (bicyclic) bond motifs is 1. The topological polar surface area (TPSA) is 77.6 Å². The number of halogens is 1. The molecule has 25 heavy (non-hydrogen) atoms. The zero-order chi connectivity index (χ0) is 17.4. The standard InChI is InChI=1S/C17H13BrN6O/c1-11(25)22-13-5-14(7-15(6-13)24-9-19-8-21-24)23-10-20-16-4-12(18)2-3-17(16)23/h2-10H,1H3,(H,22,25). The normalized spacial score (nSPS) is 11.0. The molecule has 1 amide bonds. The van der Waals surface area contributed by atoms with Crippen LogP contribution in [-0.2, 0) is 4.79 Å². The van der Waals surface area contributed by atoms with E-state index in [-0.39, 0.29) is 5.91 Å². The Hall–Kier alpha value is -3.00. The van der Waals surface area contributed by atoms with Crippen LogP contribution >= 0.6 is 15.9 Å². The molecule has 0 saturated carbocycles. The number of imidazole rings is 1. The highest BCUT2D eigenvalue weighted by Crippen LogP contribution is 2.25. The van der Waals surface area contributed by atoms with Gasteiger partial charge in [-0.3, -0.25) is 9.36 Å². The average molecular weight is 397 g/mol. The molecule has 2 heterocycles. The maximum atomic E-state index is 11.5. The first-order chi connectivity index (χ1) is 12.1. The fourth-order valence-corrected chi connectivity index (χ4v) is 3.02. The summed E-state index contributed by atoms with van der Waals surface area (Å²) in [5, 5.41) is 6.99. The van der Waals surface area contributed by atoms with Crippen molar-refractivity contribution in [3.05, 3.63) is 59.9 Å². The smallest absolute Gasteiger partial charge is 0.221 e. The molecule has 4 aromatic rings. The molecule has 2 aromatic carbocycles. The predicted molar refractivity (Wildman–Crippen MR) is 98.0 cm³/mol. The van der Waals surface area contributed by atoms with Gasteiger partial charge in [-0.2, -0.15) is 5.10 Å². The Kier molecular flexibility index (Phi) is 3.81. The first kappa shape index (κ1) is 15.5. The molecule has 7 nitrogen and oxygen atoms in total. The zero-order valence-corrected chi connectivity index (χ0v) is 14.8. The number of nitrogens with one attached hydrogen (secondary N) is 1. The van der Waals surface area contributed by atoms with Crippen LogP contribution in [0.3, 0.4) is 0 Å². The second kappa shape index (κ2) is 6.14. The van der Waals surface area contributed by atoms with Crippen molar-refractivity contribution < 1.29 is 4.79 Å². The second-order valence-corrected chi connectivity index (χ2v) is 6.42. The molecule has 0 bridgehead atoms. The fourth-order valence-electron chi connectivity index (χ4n) is 2.68. The lowest BCUT2D eigenvalue weighted by Crippen LogP contribution is -2.08. The maximum absolute atomic E-state index is 11.5. The van der Waals surface area contributed by atoms with Crippen molar-refractivity contribution in [2.45, 2.75) is 6.92 Å². The lowest BCUT2D eigenvalue weighted by atomic mass is 10.2. The Balaban J connectivity index is 1.90. The zero-order valence-electron chi connectivity index (χ0n) is 13.2. The summed E-state index contributed by atoms with van der Waals surface area (Å²) < 4.78 is 4.58. The van der Waals surface area contributed by atoms with Gasteiger partial charge in [-0.25, -0.2) is 14.6 Å². The summed E-state index contributed by atoms with van der Waals surface area (Å²) in [4.78, 5) is 19.9. The third-order valence-electron chi connectivity index (χ3n) is 3.69. The highest BCUT2D eigenvalue weighted by Gasteiger charge is 2.10. The van der Waals surface area contributed by atoms with Crippen LogP contribution in [0.2, 0.25) is 0 Å². The number of hydrogen-bond acceptors (Lipinski definition) is 4. The minimum Gasteiger partial charge on any atom is -0.326 e. The van der Waals surface area contributed by atoms with Gasteiger partial charge in [0, 0.05) is 17.1 Å². The lowest BCUT2D eigenvalue weighted by Gasteiger charge is -2.11. The number of benzene rings is 2. The molecule has 124 valence electrons. The number of hydrogen-bond donors (Lipinski definition) is 1. The highest BCUT2D eigenvalue weighted by atomic mass is 79.9. The summed E-state index contributed by atoms with van der Waals surface area (Å²) >= 11 is 3.46. The largest absolute Gasteiger partial charge is 0.326 e. The van der Waals surface area contributed by atoms with E-state index in [4.69, 9.17) is 0 Å². The van der Waals surface area contributed by atoms with Gasteiger partial charge >= 0.3 is 0 Å². The molecule has 0 atom stereocenters. The van der Waals surface area contributed by atoms with Crippen molar-refractivity contribution in [3.8, 4) is 11.4 Å². The minimum absolute atomic E-state index is 0.138. The van der Waals surface area contributed by atoms with Gasteiger partial charge in [0.05, 0.1) is 22.4 Å². The number of rotatable bonds is 3. The number of carbonyl (C=O) groups excluding carboxylic acids is 1. The Labute approximate surface area is 151 Å². The Morgan fingerprint density at radius 2 is 1.96 bits per heavy atom. The maximum Gasteiger partial charge on any atom is 0.221 e. The second-order valence-electron chi connectivity index (χ2n) is 5.51. The van der Waals surface area contributed by atoms with Crippen LogP contribution < -0.4 is 5.32 Å². The van der Waals surface area contributed by atoms with Crippen molar-refractivity contribution in [2.24, 2.45) is 0 Å².